The fourth-order valence-electron chi connectivity index (χ4n) is 1.17. The topological polar surface area (TPSA) is 46.5 Å². The van der Waals surface area contributed by atoms with Crippen molar-refractivity contribution < 1.29 is 19.0 Å². The van der Waals surface area contributed by atoms with Crippen LogP contribution >= 0.6 is 0 Å². The molecule has 0 saturated heterocycles. The summed E-state index contributed by atoms with van der Waals surface area (Å²) in [5.74, 6) is -0.962. The molecule has 0 atom stereocenters. The van der Waals surface area contributed by atoms with Gasteiger partial charge in [-0.1, -0.05) is 6.07 Å². The third kappa shape index (κ3) is 3.73. The van der Waals surface area contributed by atoms with Crippen LogP contribution in [0.2, 0.25) is 0 Å². The minimum atomic E-state index is -1.02. The van der Waals surface area contributed by atoms with Crippen molar-refractivity contribution in [2.75, 3.05) is 6.61 Å². The van der Waals surface area contributed by atoms with Crippen LogP contribution in [0.3, 0.4) is 0 Å². The molecule has 0 aliphatic heterocycles. The minimum Gasteiger partial charge on any atom is -0.489 e. The zero-order valence-electron chi connectivity index (χ0n) is 9.16. The maximum atomic E-state index is 12.9. The molecule has 4 heteroatoms. The summed E-state index contributed by atoms with van der Waals surface area (Å²) in [5, 5.41) is 8.49. The monoisotopic (exact) mass is 224 g/mol. The van der Waals surface area contributed by atoms with E-state index in [1.807, 2.05) is 0 Å². The van der Waals surface area contributed by atoms with Gasteiger partial charge in [-0.05, 0) is 31.1 Å². The SMILES string of the molecule is C/C(=C/C(=O)O)COc1cc(F)ccc1C. The van der Waals surface area contributed by atoms with Gasteiger partial charge in [-0.25, -0.2) is 9.18 Å². The van der Waals surface area contributed by atoms with E-state index in [1.165, 1.54) is 12.1 Å². The van der Waals surface area contributed by atoms with Crippen molar-refractivity contribution in [1.82, 2.24) is 0 Å². The van der Waals surface area contributed by atoms with Crippen molar-refractivity contribution in [3.05, 3.63) is 41.2 Å². The van der Waals surface area contributed by atoms with Crippen molar-refractivity contribution in [1.29, 1.82) is 0 Å². The maximum Gasteiger partial charge on any atom is 0.328 e. The summed E-state index contributed by atoms with van der Waals surface area (Å²) < 4.78 is 18.2. The number of benzene rings is 1. The number of carbonyl (C=O) groups is 1. The highest BCUT2D eigenvalue weighted by atomic mass is 19.1. The zero-order chi connectivity index (χ0) is 12.1. The number of carboxylic acid groups (broad SMARTS) is 1. The lowest BCUT2D eigenvalue weighted by atomic mass is 10.2. The van der Waals surface area contributed by atoms with E-state index in [0.29, 0.717) is 11.3 Å². The van der Waals surface area contributed by atoms with Crippen LogP contribution in [0.4, 0.5) is 4.39 Å². The van der Waals surface area contributed by atoms with Crippen molar-refractivity contribution >= 4 is 5.97 Å². The van der Waals surface area contributed by atoms with E-state index >= 15 is 0 Å². The average Bonchev–Trinajstić information content (AvgIpc) is 2.18. The molecule has 0 amide bonds. The summed E-state index contributed by atoms with van der Waals surface area (Å²) in [7, 11) is 0. The minimum absolute atomic E-state index is 0.136. The van der Waals surface area contributed by atoms with Crippen LogP contribution < -0.4 is 4.74 Å². The van der Waals surface area contributed by atoms with Gasteiger partial charge in [0.2, 0.25) is 0 Å². The molecule has 0 heterocycles. The standard InChI is InChI=1S/C12H13FO3/c1-8(5-12(14)15)7-16-11-6-10(13)4-3-9(11)2/h3-6H,7H2,1-2H3,(H,14,15)/b8-5-. The lowest BCUT2D eigenvalue weighted by molar-refractivity contribution is -0.131. The Labute approximate surface area is 93.2 Å². The van der Waals surface area contributed by atoms with Crippen LogP contribution in [-0.2, 0) is 4.79 Å². The molecule has 0 aliphatic carbocycles. The van der Waals surface area contributed by atoms with Gasteiger partial charge >= 0.3 is 5.97 Å². The first-order valence-electron chi connectivity index (χ1n) is 4.78. The Bertz CT molecular complexity index is 424. The Kier molecular flexibility index (Phi) is 4.05. The molecule has 0 radical (unpaired) electrons. The van der Waals surface area contributed by atoms with Gasteiger partial charge in [0.15, 0.2) is 0 Å². The summed E-state index contributed by atoms with van der Waals surface area (Å²) in [6.45, 7) is 3.57. The molecule has 0 bridgehead atoms. The molecule has 1 aromatic carbocycles. The van der Waals surface area contributed by atoms with Crippen LogP contribution in [0.25, 0.3) is 0 Å². The van der Waals surface area contributed by atoms with E-state index in [0.717, 1.165) is 11.6 Å². The predicted octanol–water partition coefficient (Wildman–Crippen LogP) is 2.54. The van der Waals surface area contributed by atoms with E-state index < -0.39 is 5.97 Å². The molecular weight excluding hydrogens is 211 g/mol. The third-order valence-electron chi connectivity index (χ3n) is 1.98. The molecule has 0 saturated carbocycles. The first-order chi connectivity index (χ1) is 7.49. The van der Waals surface area contributed by atoms with Gasteiger partial charge in [0.1, 0.15) is 18.2 Å². The number of hydrogen-bond acceptors (Lipinski definition) is 2. The van der Waals surface area contributed by atoms with E-state index in [-0.39, 0.29) is 12.4 Å². The number of ether oxygens (including phenoxy) is 1. The molecule has 86 valence electrons. The average molecular weight is 224 g/mol. The number of rotatable bonds is 4. The number of hydrogen-bond donors (Lipinski definition) is 1. The molecule has 0 spiro atoms. The van der Waals surface area contributed by atoms with Gasteiger partial charge in [0.25, 0.3) is 0 Å². The lowest BCUT2D eigenvalue weighted by Crippen LogP contribution is -2.02. The number of halogens is 1. The Hall–Kier alpha value is -1.84. The Morgan fingerprint density at radius 1 is 1.56 bits per heavy atom. The molecule has 1 aromatic rings. The number of aliphatic carboxylic acids is 1. The fraction of sp³-hybridized carbons (Fsp3) is 0.250. The van der Waals surface area contributed by atoms with Gasteiger partial charge in [0, 0.05) is 12.1 Å². The van der Waals surface area contributed by atoms with E-state index in [9.17, 15) is 9.18 Å². The van der Waals surface area contributed by atoms with Gasteiger partial charge in [-0.3, -0.25) is 0 Å². The quantitative estimate of drug-likeness (QED) is 0.799. The Morgan fingerprint density at radius 3 is 2.88 bits per heavy atom. The normalized spacial score (nSPS) is 11.3. The lowest BCUT2D eigenvalue weighted by Gasteiger charge is -2.08. The molecule has 1 rings (SSSR count). The van der Waals surface area contributed by atoms with Crippen LogP contribution in [0.15, 0.2) is 29.8 Å². The zero-order valence-corrected chi connectivity index (χ0v) is 9.16. The number of aryl methyl sites for hydroxylation is 1. The first kappa shape index (κ1) is 12.2. The smallest absolute Gasteiger partial charge is 0.328 e. The molecule has 0 aromatic heterocycles. The Balaban J connectivity index is 2.68. The molecule has 1 N–H and O–H groups in total. The van der Waals surface area contributed by atoms with Gasteiger partial charge in [0.05, 0.1) is 0 Å². The fourth-order valence-corrected chi connectivity index (χ4v) is 1.17. The largest absolute Gasteiger partial charge is 0.489 e. The van der Waals surface area contributed by atoms with Crippen molar-refractivity contribution in [2.24, 2.45) is 0 Å². The van der Waals surface area contributed by atoms with Crippen molar-refractivity contribution in [3.63, 3.8) is 0 Å². The van der Waals surface area contributed by atoms with E-state index in [4.69, 9.17) is 9.84 Å². The molecule has 0 unspecified atom stereocenters. The van der Waals surface area contributed by atoms with Crippen molar-refractivity contribution in [2.45, 2.75) is 13.8 Å². The van der Waals surface area contributed by atoms with Gasteiger partial charge in [-0.15, -0.1) is 0 Å². The van der Waals surface area contributed by atoms with Crippen LogP contribution in [0.1, 0.15) is 12.5 Å². The molecule has 0 aliphatic rings. The van der Waals surface area contributed by atoms with Crippen LogP contribution in [-0.4, -0.2) is 17.7 Å². The highest BCUT2D eigenvalue weighted by molar-refractivity contribution is 5.80. The summed E-state index contributed by atoms with van der Waals surface area (Å²) in [5.41, 5.74) is 1.38. The molecule has 3 nitrogen and oxygen atoms in total. The number of carboxylic acids is 1. The van der Waals surface area contributed by atoms with Gasteiger partial charge < -0.3 is 9.84 Å². The summed E-state index contributed by atoms with van der Waals surface area (Å²) in [6.07, 6.45) is 1.06. The second kappa shape index (κ2) is 5.30. The highest BCUT2D eigenvalue weighted by Crippen LogP contribution is 2.19. The summed E-state index contributed by atoms with van der Waals surface area (Å²) >= 11 is 0. The first-order valence-corrected chi connectivity index (χ1v) is 4.78. The summed E-state index contributed by atoms with van der Waals surface area (Å²) in [6, 6.07) is 4.24. The Morgan fingerprint density at radius 2 is 2.25 bits per heavy atom. The molecule has 16 heavy (non-hydrogen) atoms. The van der Waals surface area contributed by atoms with Crippen LogP contribution in [0.5, 0.6) is 5.75 Å². The maximum absolute atomic E-state index is 12.9. The van der Waals surface area contributed by atoms with Crippen LogP contribution in [0, 0.1) is 12.7 Å². The van der Waals surface area contributed by atoms with E-state index in [2.05, 4.69) is 0 Å². The molecule has 0 fully saturated rings. The van der Waals surface area contributed by atoms with Crippen molar-refractivity contribution in [3.8, 4) is 5.75 Å². The third-order valence-corrected chi connectivity index (χ3v) is 1.98. The highest BCUT2D eigenvalue weighted by Gasteiger charge is 2.02. The second-order valence-corrected chi connectivity index (χ2v) is 3.53. The second-order valence-electron chi connectivity index (χ2n) is 3.53. The van der Waals surface area contributed by atoms with Gasteiger partial charge in [-0.2, -0.15) is 0 Å². The predicted molar refractivity (Wildman–Crippen MR) is 58.0 cm³/mol. The molecular formula is C12H13FO3. The summed E-state index contributed by atoms with van der Waals surface area (Å²) in [4.78, 5) is 10.4. The van der Waals surface area contributed by atoms with E-state index in [1.54, 1.807) is 19.9 Å².